The number of hydrogen-bond acceptors (Lipinski definition) is 2. The molecule has 0 aliphatic heterocycles. The Labute approximate surface area is 136 Å². The van der Waals surface area contributed by atoms with Gasteiger partial charge in [0, 0.05) is 26.2 Å². The quantitative estimate of drug-likeness (QED) is 0.550. The Morgan fingerprint density at radius 2 is 1.71 bits per heavy atom. The molecule has 3 rings (SSSR count). The van der Waals surface area contributed by atoms with Gasteiger partial charge in [-0.3, -0.25) is 4.79 Å². The Bertz CT molecular complexity index is 804. The average Bonchev–Trinajstić information content (AvgIpc) is 2.94. The number of halogens is 1. The van der Waals surface area contributed by atoms with Gasteiger partial charge in [0.25, 0.3) is 0 Å². The summed E-state index contributed by atoms with van der Waals surface area (Å²) in [6.07, 6.45) is 1.52. The second-order valence-corrected chi connectivity index (χ2v) is 7.20. The highest BCUT2D eigenvalue weighted by atomic mass is 79.9. The van der Waals surface area contributed by atoms with Crippen LogP contribution in [0.4, 0.5) is 0 Å². The van der Waals surface area contributed by atoms with Gasteiger partial charge in [0.05, 0.1) is 0 Å². The number of fused-ring (bicyclic) bond motifs is 1. The molecule has 1 nitrogen and oxygen atoms in total. The van der Waals surface area contributed by atoms with Crippen LogP contribution in [-0.4, -0.2) is 5.78 Å². The van der Waals surface area contributed by atoms with Crippen molar-refractivity contribution in [3.8, 4) is 0 Å². The third-order valence-corrected chi connectivity index (χ3v) is 5.25. The molecule has 0 fully saturated rings. The third-order valence-electron chi connectivity index (χ3n) is 3.52. The molecule has 0 atom stereocenters. The zero-order valence-electron chi connectivity index (χ0n) is 11.7. The van der Waals surface area contributed by atoms with Crippen LogP contribution >= 0.6 is 27.3 Å². The minimum Gasteiger partial charge on any atom is -0.294 e. The van der Waals surface area contributed by atoms with Gasteiger partial charge in [0.1, 0.15) is 0 Å². The molecule has 0 amide bonds. The smallest absolute Gasteiger partial charge is 0.168 e. The van der Waals surface area contributed by atoms with Crippen molar-refractivity contribution in [1.82, 2.24) is 0 Å². The molecular weight excluding hydrogens is 344 g/mol. The highest BCUT2D eigenvalue weighted by Gasteiger charge is 2.09. The summed E-state index contributed by atoms with van der Waals surface area (Å²) in [4.78, 5) is 14.9. The molecule has 0 radical (unpaired) electrons. The fourth-order valence-corrected chi connectivity index (χ4v) is 3.69. The van der Waals surface area contributed by atoms with Gasteiger partial charge in [-0.25, -0.2) is 0 Å². The van der Waals surface area contributed by atoms with Crippen LogP contribution in [0.2, 0.25) is 0 Å². The molecule has 21 heavy (non-hydrogen) atoms. The third kappa shape index (κ3) is 3.25. The number of Topliss-reactive ketones (excluding diaryl/α,β-unsaturated/α-hetero) is 1. The summed E-state index contributed by atoms with van der Waals surface area (Å²) in [6.45, 7) is 2.14. The maximum absolute atomic E-state index is 12.4. The Balaban J connectivity index is 1.85. The monoisotopic (exact) mass is 358 g/mol. The Kier molecular flexibility index (Phi) is 4.22. The maximum atomic E-state index is 12.4. The van der Waals surface area contributed by atoms with Crippen LogP contribution in [-0.2, 0) is 12.8 Å². The van der Waals surface area contributed by atoms with Crippen LogP contribution in [0, 0.1) is 0 Å². The van der Waals surface area contributed by atoms with Crippen LogP contribution in [0.5, 0.6) is 0 Å². The minimum atomic E-state index is 0.185. The predicted molar refractivity (Wildman–Crippen MR) is 93.4 cm³/mol. The molecule has 0 spiro atoms. The minimum absolute atomic E-state index is 0.185. The molecule has 0 aliphatic carbocycles. The van der Waals surface area contributed by atoms with E-state index in [-0.39, 0.29) is 5.78 Å². The van der Waals surface area contributed by atoms with E-state index in [4.69, 9.17) is 0 Å². The number of hydrogen-bond donors (Lipinski definition) is 0. The summed E-state index contributed by atoms with van der Waals surface area (Å²) in [5.41, 5.74) is 0.788. The van der Waals surface area contributed by atoms with Gasteiger partial charge in [-0.05, 0) is 47.5 Å². The Morgan fingerprint density at radius 3 is 2.48 bits per heavy atom. The van der Waals surface area contributed by atoms with E-state index in [0.29, 0.717) is 6.42 Å². The molecule has 1 heterocycles. The van der Waals surface area contributed by atoms with Crippen molar-refractivity contribution < 1.29 is 4.79 Å². The summed E-state index contributed by atoms with van der Waals surface area (Å²) in [6, 6.07) is 16.2. The lowest BCUT2D eigenvalue weighted by atomic mass is 10.0. The number of rotatable bonds is 4. The average molecular weight is 359 g/mol. The summed E-state index contributed by atoms with van der Waals surface area (Å²) >= 11 is 5.20. The van der Waals surface area contributed by atoms with Crippen LogP contribution in [0.25, 0.3) is 10.8 Å². The molecule has 3 aromatic rings. The van der Waals surface area contributed by atoms with Gasteiger partial charge < -0.3 is 0 Å². The molecule has 1 aromatic heterocycles. The van der Waals surface area contributed by atoms with E-state index in [1.807, 2.05) is 30.3 Å². The van der Waals surface area contributed by atoms with E-state index in [9.17, 15) is 4.79 Å². The standard InChI is InChI=1S/C18H15BrOS/c1-2-16-7-8-17(21-16)11-18(20)14-4-3-13-10-15(19)6-5-12(13)9-14/h3-10H,2,11H2,1H3. The van der Waals surface area contributed by atoms with Gasteiger partial charge in [-0.15, -0.1) is 11.3 Å². The maximum Gasteiger partial charge on any atom is 0.168 e. The highest BCUT2D eigenvalue weighted by molar-refractivity contribution is 9.10. The first-order valence-electron chi connectivity index (χ1n) is 6.96. The zero-order chi connectivity index (χ0) is 14.8. The first kappa shape index (κ1) is 14.5. The molecule has 0 unspecified atom stereocenters. The van der Waals surface area contributed by atoms with Gasteiger partial charge in [0.2, 0.25) is 0 Å². The summed E-state index contributed by atoms with van der Waals surface area (Å²) < 4.78 is 1.06. The Morgan fingerprint density at radius 1 is 1.00 bits per heavy atom. The molecular formula is C18H15BrOS. The lowest BCUT2D eigenvalue weighted by Gasteiger charge is -2.03. The molecule has 3 heteroatoms. The van der Waals surface area contributed by atoms with Gasteiger partial charge in [0.15, 0.2) is 5.78 Å². The first-order chi connectivity index (χ1) is 10.2. The molecule has 0 N–H and O–H groups in total. The molecule has 106 valence electrons. The topological polar surface area (TPSA) is 17.1 Å². The second-order valence-electron chi connectivity index (χ2n) is 5.03. The lowest BCUT2D eigenvalue weighted by molar-refractivity contribution is 0.0994. The predicted octanol–water partition coefficient (Wildman–Crippen LogP) is 5.65. The van der Waals surface area contributed by atoms with Gasteiger partial charge in [-0.1, -0.05) is 41.1 Å². The summed E-state index contributed by atoms with van der Waals surface area (Å²) in [7, 11) is 0. The molecule has 2 aromatic carbocycles. The fraction of sp³-hybridized carbons (Fsp3) is 0.167. The van der Waals surface area contributed by atoms with Crippen molar-refractivity contribution in [2.45, 2.75) is 19.8 Å². The number of carbonyl (C=O) groups excluding carboxylic acids is 1. The van der Waals surface area contributed by atoms with Crippen molar-refractivity contribution in [3.63, 3.8) is 0 Å². The number of thiophene rings is 1. The van der Waals surface area contributed by atoms with Crippen LogP contribution in [0.1, 0.15) is 27.0 Å². The second kappa shape index (κ2) is 6.12. The van der Waals surface area contributed by atoms with Gasteiger partial charge >= 0.3 is 0 Å². The van der Waals surface area contributed by atoms with Crippen molar-refractivity contribution in [1.29, 1.82) is 0 Å². The van der Waals surface area contributed by atoms with Crippen molar-refractivity contribution in [2.75, 3.05) is 0 Å². The molecule has 0 saturated heterocycles. The molecule has 0 aliphatic rings. The first-order valence-corrected chi connectivity index (χ1v) is 8.57. The fourth-order valence-electron chi connectivity index (χ4n) is 2.36. The van der Waals surface area contributed by atoms with Crippen molar-refractivity contribution in [3.05, 3.63) is 68.3 Å². The molecule has 0 saturated carbocycles. The summed E-state index contributed by atoms with van der Waals surface area (Å²) in [5.74, 6) is 0.185. The largest absolute Gasteiger partial charge is 0.294 e. The van der Waals surface area contributed by atoms with Crippen LogP contribution < -0.4 is 0 Å². The van der Waals surface area contributed by atoms with E-state index < -0.39 is 0 Å². The van der Waals surface area contributed by atoms with Crippen LogP contribution in [0.3, 0.4) is 0 Å². The number of carbonyl (C=O) groups is 1. The number of benzene rings is 2. The van der Waals surface area contributed by atoms with E-state index in [0.717, 1.165) is 32.1 Å². The SMILES string of the molecule is CCc1ccc(CC(=O)c2ccc3cc(Br)ccc3c2)s1. The zero-order valence-corrected chi connectivity index (χ0v) is 14.1. The Hall–Kier alpha value is -1.45. The number of aryl methyl sites for hydroxylation is 1. The van der Waals surface area contributed by atoms with E-state index in [1.165, 1.54) is 4.88 Å². The summed E-state index contributed by atoms with van der Waals surface area (Å²) in [5, 5.41) is 2.25. The van der Waals surface area contributed by atoms with Gasteiger partial charge in [-0.2, -0.15) is 0 Å². The van der Waals surface area contributed by atoms with E-state index in [2.05, 4.69) is 41.1 Å². The van der Waals surface area contributed by atoms with Crippen molar-refractivity contribution in [2.24, 2.45) is 0 Å². The van der Waals surface area contributed by atoms with E-state index >= 15 is 0 Å². The van der Waals surface area contributed by atoms with Crippen LogP contribution in [0.15, 0.2) is 53.0 Å². The number of ketones is 1. The molecule has 0 bridgehead atoms. The van der Waals surface area contributed by atoms with Crippen molar-refractivity contribution >= 4 is 43.8 Å². The lowest BCUT2D eigenvalue weighted by Crippen LogP contribution is -2.01. The highest BCUT2D eigenvalue weighted by Crippen LogP contribution is 2.23. The normalized spacial score (nSPS) is 11.0. The van der Waals surface area contributed by atoms with E-state index in [1.54, 1.807) is 11.3 Å².